The van der Waals surface area contributed by atoms with Crippen LogP contribution in [0.2, 0.25) is 9.55 Å². The fraction of sp³-hybridized carbons (Fsp3) is 0.333. The van der Waals surface area contributed by atoms with Crippen molar-refractivity contribution in [2.75, 3.05) is 5.32 Å². The van der Waals surface area contributed by atoms with E-state index in [1.54, 1.807) is 26.8 Å². The molecular formula is C21H19B4ClN4O4S. The molecule has 8 radical (unpaired) electrons. The molecule has 3 aromatic rings. The summed E-state index contributed by atoms with van der Waals surface area (Å²) in [6.45, 7) is 5.57. The van der Waals surface area contributed by atoms with Crippen molar-refractivity contribution in [2.24, 2.45) is 5.41 Å². The van der Waals surface area contributed by atoms with Crippen LogP contribution in [0.4, 0.5) is 5.82 Å². The molecular weight excluding hydrogens is 483 g/mol. The third-order valence-corrected chi connectivity index (χ3v) is 6.49. The van der Waals surface area contributed by atoms with Gasteiger partial charge in [0.15, 0.2) is 0 Å². The SMILES string of the molecule is [B]C([B])(C(=O)O)C([B])([B])n1cccc(-c2cc(NCc3ccc(Cl)s3)n(C(=O)C(C)(C)C)n2)c1=O. The predicted octanol–water partition coefficient (Wildman–Crippen LogP) is 2.21. The van der Waals surface area contributed by atoms with E-state index in [1.807, 2.05) is 6.07 Å². The molecule has 35 heavy (non-hydrogen) atoms. The van der Waals surface area contributed by atoms with E-state index in [9.17, 15) is 19.5 Å². The Kier molecular flexibility index (Phi) is 7.26. The van der Waals surface area contributed by atoms with E-state index in [0.717, 1.165) is 9.44 Å². The number of rotatable bonds is 7. The molecule has 3 heterocycles. The van der Waals surface area contributed by atoms with Crippen LogP contribution in [0.3, 0.4) is 0 Å². The van der Waals surface area contributed by atoms with E-state index in [2.05, 4.69) is 10.4 Å². The van der Waals surface area contributed by atoms with Crippen LogP contribution in [0.5, 0.6) is 0 Å². The minimum absolute atomic E-state index is 0.00311. The minimum Gasteiger partial charge on any atom is -0.482 e. The molecule has 0 saturated carbocycles. The summed E-state index contributed by atoms with van der Waals surface area (Å²) in [4.78, 5) is 38.8. The number of carboxylic acids is 1. The molecule has 0 aromatic carbocycles. The number of aliphatic carboxylic acids is 1. The van der Waals surface area contributed by atoms with Gasteiger partial charge in [-0.15, -0.1) is 11.3 Å². The van der Waals surface area contributed by atoms with Gasteiger partial charge in [0.1, 0.15) is 11.5 Å². The molecule has 0 spiro atoms. The third-order valence-electron chi connectivity index (χ3n) is 5.25. The van der Waals surface area contributed by atoms with Crippen molar-refractivity contribution in [3.05, 3.63) is 56.1 Å². The maximum atomic E-state index is 13.3. The molecule has 0 amide bonds. The topological polar surface area (TPSA) is 106 Å². The zero-order valence-corrected chi connectivity index (χ0v) is 20.9. The first-order valence-electron chi connectivity index (χ1n) is 10.3. The Morgan fingerprint density at radius 3 is 2.37 bits per heavy atom. The molecule has 0 unspecified atom stereocenters. The van der Waals surface area contributed by atoms with Crippen molar-refractivity contribution in [1.82, 2.24) is 14.3 Å². The highest BCUT2D eigenvalue weighted by Gasteiger charge is 2.43. The summed E-state index contributed by atoms with van der Waals surface area (Å²) in [5.41, 5.74) is -1.47. The van der Waals surface area contributed by atoms with Crippen LogP contribution < -0.4 is 10.9 Å². The summed E-state index contributed by atoms with van der Waals surface area (Å²) >= 11 is 7.37. The number of nitrogens with one attached hydrogen (secondary N) is 1. The molecule has 0 aliphatic heterocycles. The van der Waals surface area contributed by atoms with E-state index in [0.29, 0.717) is 16.7 Å². The molecule has 3 rings (SSSR count). The quantitative estimate of drug-likeness (QED) is 0.481. The van der Waals surface area contributed by atoms with Gasteiger partial charge in [0.2, 0.25) is 0 Å². The first kappa shape index (κ1) is 26.9. The number of anilines is 1. The Labute approximate surface area is 216 Å². The Hall–Kier alpha value is -2.65. The van der Waals surface area contributed by atoms with Gasteiger partial charge in [-0.05, 0) is 29.6 Å². The van der Waals surface area contributed by atoms with Crippen LogP contribution in [0.15, 0.2) is 41.3 Å². The number of aromatic nitrogens is 3. The molecule has 172 valence electrons. The lowest BCUT2D eigenvalue weighted by molar-refractivity contribution is -0.139. The van der Waals surface area contributed by atoms with Gasteiger partial charge in [0.25, 0.3) is 17.4 Å². The molecule has 0 fully saturated rings. The Morgan fingerprint density at radius 1 is 1.17 bits per heavy atom. The standard InChI is InChI=1S/C21H19B4ClN4O4S/c1-19(2,3)17(32)30-15(27-10-11-6-7-14(26)35-11)9-13(28-30)12-5-4-8-29(16(12)31)21(24,25)20(22,23)18(33)34/h4-9,27H,10H2,1-3H3,(H,33,34). The number of carboxylic acid groups (broad SMARTS) is 1. The highest BCUT2D eigenvalue weighted by Crippen LogP contribution is 2.33. The number of hydrogen-bond acceptors (Lipinski definition) is 6. The van der Waals surface area contributed by atoms with Crippen LogP contribution in [-0.4, -0.2) is 62.7 Å². The smallest absolute Gasteiger partial charge is 0.292 e. The zero-order chi connectivity index (χ0) is 26.3. The number of nitrogens with zero attached hydrogens (tertiary/aromatic N) is 3. The lowest BCUT2D eigenvalue weighted by Gasteiger charge is -2.42. The lowest BCUT2D eigenvalue weighted by Crippen LogP contribution is -2.55. The second kappa shape index (κ2) is 9.43. The van der Waals surface area contributed by atoms with E-state index >= 15 is 0 Å². The van der Waals surface area contributed by atoms with Crippen molar-refractivity contribution >= 4 is 72.0 Å². The second-order valence-electron chi connectivity index (χ2n) is 9.04. The van der Waals surface area contributed by atoms with E-state index < -0.39 is 27.5 Å². The van der Waals surface area contributed by atoms with Gasteiger partial charge in [-0.3, -0.25) is 14.4 Å². The molecule has 14 heteroatoms. The van der Waals surface area contributed by atoms with Gasteiger partial charge >= 0.3 is 0 Å². The molecule has 2 N–H and O–H groups in total. The van der Waals surface area contributed by atoms with Gasteiger partial charge in [0, 0.05) is 27.8 Å². The van der Waals surface area contributed by atoms with Gasteiger partial charge in [-0.25, -0.2) is 0 Å². The Bertz CT molecular complexity index is 1340. The Morgan fingerprint density at radius 2 is 1.83 bits per heavy atom. The van der Waals surface area contributed by atoms with E-state index in [4.69, 9.17) is 43.0 Å². The summed E-state index contributed by atoms with van der Waals surface area (Å²) < 4.78 is 2.52. The summed E-state index contributed by atoms with van der Waals surface area (Å²) in [5.74, 6) is -1.70. The fourth-order valence-electron chi connectivity index (χ4n) is 3.09. The number of hydrogen-bond donors (Lipinski definition) is 2. The van der Waals surface area contributed by atoms with Crippen molar-refractivity contribution in [2.45, 2.75) is 37.9 Å². The maximum absolute atomic E-state index is 13.3. The first-order valence-corrected chi connectivity index (χ1v) is 11.5. The van der Waals surface area contributed by atoms with Gasteiger partial charge in [-0.1, -0.05) is 32.4 Å². The summed E-state index contributed by atoms with van der Waals surface area (Å²) in [6, 6.07) is 7.97. The van der Waals surface area contributed by atoms with Crippen molar-refractivity contribution in [3.63, 3.8) is 0 Å². The highest BCUT2D eigenvalue weighted by molar-refractivity contribution is 7.16. The highest BCUT2D eigenvalue weighted by atomic mass is 35.5. The second-order valence-corrected chi connectivity index (χ2v) is 10.8. The van der Waals surface area contributed by atoms with Crippen LogP contribution in [0.1, 0.15) is 30.4 Å². The number of carbonyl (C=O) groups is 2. The normalized spacial score (nSPS) is 12.5. The molecule has 0 saturated heterocycles. The largest absolute Gasteiger partial charge is 0.482 e. The molecule has 3 aromatic heterocycles. The molecule has 0 aliphatic carbocycles. The van der Waals surface area contributed by atoms with Crippen LogP contribution in [-0.2, 0) is 16.7 Å². The fourth-order valence-corrected chi connectivity index (χ4v) is 4.11. The molecule has 0 aliphatic rings. The number of halogens is 1. The minimum atomic E-state index is -2.67. The number of carbonyl (C=O) groups excluding carboxylic acids is 1. The van der Waals surface area contributed by atoms with Crippen molar-refractivity contribution in [3.8, 4) is 11.3 Å². The van der Waals surface area contributed by atoms with Gasteiger partial charge < -0.3 is 15.0 Å². The van der Waals surface area contributed by atoms with Crippen LogP contribution >= 0.6 is 22.9 Å². The Balaban J connectivity index is 2.10. The summed E-state index contributed by atoms with van der Waals surface area (Å²) in [6.07, 6.45) is 1.17. The van der Waals surface area contributed by atoms with E-state index in [1.165, 1.54) is 40.4 Å². The number of thiophene rings is 1. The van der Waals surface area contributed by atoms with Gasteiger partial charge in [-0.2, -0.15) is 9.78 Å². The monoisotopic (exact) mass is 502 g/mol. The molecule has 0 atom stereocenters. The van der Waals surface area contributed by atoms with Crippen molar-refractivity contribution < 1.29 is 14.7 Å². The van der Waals surface area contributed by atoms with Crippen LogP contribution in [0, 0.1) is 5.41 Å². The molecule has 0 bridgehead atoms. The maximum Gasteiger partial charge on any atom is 0.292 e. The predicted molar refractivity (Wildman–Crippen MR) is 140 cm³/mol. The number of pyridine rings is 1. The van der Waals surface area contributed by atoms with Crippen molar-refractivity contribution in [1.29, 1.82) is 0 Å². The van der Waals surface area contributed by atoms with Crippen LogP contribution in [0.25, 0.3) is 11.3 Å². The lowest BCUT2D eigenvalue weighted by atomic mass is 9.33. The summed E-state index contributed by atoms with van der Waals surface area (Å²) in [5, 5.41) is 11.7. The van der Waals surface area contributed by atoms with Gasteiger partial charge in [0.05, 0.1) is 47.8 Å². The van der Waals surface area contributed by atoms with E-state index in [-0.39, 0.29) is 17.2 Å². The third kappa shape index (κ3) is 5.16. The average Bonchev–Trinajstić information content (AvgIpc) is 3.36. The zero-order valence-electron chi connectivity index (χ0n) is 19.3. The first-order chi connectivity index (χ1) is 16.1. The molecule has 8 nitrogen and oxygen atoms in total. The average molecular weight is 502 g/mol. The summed E-state index contributed by atoms with van der Waals surface area (Å²) in [7, 11) is 23.1.